The molecular weight excluding hydrogens is 395 g/mol. The lowest BCUT2D eigenvalue weighted by molar-refractivity contribution is -0.918. The molecule has 0 spiro atoms. The van der Waals surface area contributed by atoms with Gasteiger partial charge in [-0.05, 0) is 38.0 Å². The lowest BCUT2D eigenvalue weighted by Crippen LogP contribution is -3.19. The molecule has 1 amide bonds. The molecule has 0 aromatic heterocycles. The topological polar surface area (TPSA) is 62.1 Å². The maximum atomic E-state index is 12.9. The van der Waals surface area contributed by atoms with Gasteiger partial charge in [-0.25, -0.2) is 8.42 Å². The Labute approximate surface area is 162 Å². The van der Waals surface area contributed by atoms with Gasteiger partial charge in [-0.15, -0.1) is 0 Å². The molecule has 0 radical (unpaired) electrons. The molecule has 156 valence electrons. The Morgan fingerprint density at radius 3 is 2.29 bits per heavy atom. The van der Waals surface area contributed by atoms with Crippen LogP contribution in [-0.2, 0) is 21.0 Å². The number of hydrogen-bond donors (Lipinski definition) is 1. The maximum absolute atomic E-state index is 12.9. The predicted octanol–water partition coefficient (Wildman–Crippen LogP) is 0.606. The van der Waals surface area contributed by atoms with Gasteiger partial charge < -0.3 is 9.80 Å². The van der Waals surface area contributed by atoms with Gasteiger partial charge in [-0.2, -0.15) is 17.5 Å². The van der Waals surface area contributed by atoms with E-state index in [1.807, 2.05) is 11.8 Å². The van der Waals surface area contributed by atoms with E-state index >= 15 is 0 Å². The summed E-state index contributed by atoms with van der Waals surface area (Å²) in [6, 6.07) is 3.56. The summed E-state index contributed by atoms with van der Waals surface area (Å²) in [7, 11) is -4.01. The largest absolute Gasteiger partial charge is 0.416 e. The van der Waals surface area contributed by atoms with Crippen molar-refractivity contribution >= 4 is 15.9 Å². The Balaban J connectivity index is 1.66. The Morgan fingerprint density at radius 1 is 1.11 bits per heavy atom. The molecule has 1 aromatic rings. The van der Waals surface area contributed by atoms with E-state index in [-0.39, 0.29) is 29.9 Å². The summed E-state index contributed by atoms with van der Waals surface area (Å²) < 4.78 is 65.4. The molecule has 3 rings (SSSR count). The first-order chi connectivity index (χ1) is 13.1. The zero-order chi connectivity index (χ0) is 20.5. The summed E-state index contributed by atoms with van der Waals surface area (Å²) in [6.45, 7) is 4.63. The van der Waals surface area contributed by atoms with Crippen molar-refractivity contribution in [1.82, 2.24) is 9.21 Å². The highest BCUT2D eigenvalue weighted by Gasteiger charge is 2.37. The fourth-order valence-electron chi connectivity index (χ4n) is 3.81. The molecular formula is C18H25F3N3O3S+. The molecule has 0 bridgehead atoms. The van der Waals surface area contributed by atoms with Gasteiger partial charge in [-0.3, -0.25) is 4.79 Å². The molecule has 0 aliphatic carbocycles. The molecule has 2 aliphatic heterocycles. The first kappa shape index (κ1) is 21.1. The van der Waals surface area contributed by atoms with Crippen molar-refractivity contribution in [1.29, 1.82) is 0 Å². The van der Waals surface area contributed by atoms with Gasteiger partial charge >= 0.3 is 6.18 Å². The minimum atomic E-state index is -4.60. The molecule has 2 heterocycles. The molecule has 28 heavy (non-hydrogen) atoms. The number of hydrogen-bond acceptors (Lipinski definition) is 3. The quantitative estimate of drug-likeness (QED) is 0.776. The zero-order valence-corrected chi connectivity index (χ0v) is 16.5. The third kappa shape index (κ3) is 4.33. The van der Waals surface area contributed by atoms with E-state index in [4.69, 9.17) is 0 Å². The Morgan fingerprint density at radius 2 is 1.71 bits per heavy atom. The van der Waals surface area contributed by atoms with Crippen LogP contribution >= 0.6 is 0 Å². The number of rotatable bonds is 4. The average molecular weight is 420 g/mol. The molecule has 10 heteroatoms. The van der Waals surface area contributed by atoms with Crippen LogP contribution < -0.4 is 4.90 Å². The van der Waals surface area contributed by atoms with Crippen molar-refractivity contribution in [2.45, 2.75) is 36.9 Å². The van der Waals surface area contributed by atoms with Gasteiger partial charge in [0.15, 0.2) is 6.04 Å². The molecule has 2 aliphatic rings. The highest BCUT2D eigenvalue weighted by Crippen LogP contribution is 2.31. The second-order valence-corrected chi connectivity index (χ2v) is 9.28. The van der Waals surface area contributed by atoms with E-state index in [1.165, 1.54) is 10.4 Å². The van der Waals surface area contributed by atoms with Crippen LogP contribution in [0.5, 0.6) is 0 Å². The Bertz CT molecular complexity index is 815. The number of amides is 1. The van der Waals surface area contributed by atoms with Crippen molar-refractivity contribution in [2.75, 3.05) is 39.3 Å². The van der Waals surface area contributed by atoms with Crippen molar-refractivity contribution < 1.29 is 31.3 Å². The van der Waals surface area contributed by atoms with Crippen LogP contribution in [0, 0.1) is 0 Å². The van der Waals surface area contributed by atoms with E-state index in [2.05, 4.69) is 0 Å². The number of quaternary nitrogens is 1. The number of alkyl halides is 3. The number of nitrogens with zero attached hydrogens (tertiary/aromatic N) is 2. The lowest BCUT2D eigenvalue weighted by atomic mass is 10.2. The molecule has 1 N–H and O–H groups in total. The summed E-state index contributed by atoms with van der Waals surface area (Å²) >= 11 is 0. The maximum Gasteiger partial charge on any atom is 0.416 e. The number of carbonyl (C=O) groups excluding carboxylic acids is 1. The predicted molar refractivity (Wildman–Crippen MR) is 96.2 cm³/mol. The highest BCUT2D eigenvalue weighted by atomic mass is 32.2. The van der Waals surface area contributed by atoms with Crippen LogP contribution in [0.1, 0.15) is 25.3 Å². The number of benzene rings is 1. The molecule has 1 atom stereocenters. The highest BCUT2D eigenvalue weighted by molar-refractivity contribution is 7.89. The first-order valence-corrected chi connectivity index (χ1v) is 10.9. The van der Waals surface area contributed by atoms with Crippen LogP contribution in [0.25, 0.3) is 0 Å². The third-order valence-corrected chi connectivity index (χ3v) is 7.46. The third-order valence-electron chi connectivity index (χ3n) is 5.56. The van der Waals surface area contributed by atoms with E-state index < -0.39 is 21.8 Å². The van der Waals surface area contributed by atoms with Crippen molar-refractivity contribution in [2.24, 2.45) is 0 Å². The number of sulfonamides is 1. The number of halogens is 3. The summed E-state index contributed by atoms with van der Waals surface area (Å²) in [4.78, 5) is 15.0. The average Bonchev–Trinajstić information content (AvgIpc) is 3.21. The number of likely N-dealkylation sites (tertiary alicyclic amines) is 1. The Kier molecular flexibility index (Phi) is 6.02. The van der Waals surface area contributed by atoms with Gasteiger partial charge in [0, 0.05) is 13.1 Å². The number of carbonyl (C=O) groups is 1. The van der Waals surface area contributed by atoms with Crippen LogP contribution in [0.15, 0.2) is 29.2 Å². The van der Waals surface area contributed by atoms with E-state index in [0.717, 1.165) is 43.0 Å². The molecule has 6 nitrogen and oxygen atoms in total. The minimum Gasteiger partial charge on any atom is -0.338 e. The fourth-order valence-corrected chi connectivity index (χ4v) is 5.30. The fraction of sp³-hybridized carbons (Fsp3) is 0.611. The monoisotopic (exact) mass is 420 g/mol. The van der Waals surface area contributed by atoms with Gasteiger partial charge in [0.1, 0.15) is 0 Å². The van der Waals surface area contributed by atoms with Gasteiger partial charge in [0.2, 0.25) is 10.0 Å². The van der Waals surface area contributed by atoms with Crippen molar-refractivity contribution in [3.05, 3.63) is 29.8 Å². The second kappa shape index (κ2) is 8.00. The minimum absolute atomic E-state index is 0.0849. The first-order valence-electron chi connectivity index (χ1n) is 9.41. The lowest BCUT2D eigenvalue weighted by Gasteiger charge is -2.35. The van der Waals surface area contributed by atoms with Crippen molar-refractivity contribution in [3.63, 3.8) is 0 Å². The summed E-state index contributed by atoms with van der Waals surface area (Å²) in [5.74, 6) is 0.0849. The standard InChI is InChI=1S/C18H24F3N3O3S/c1-14(17(25)23-7-2-3-8-23)22-9-11-24(12-10-22)28(26,27)16-6-4-5-15(13-16)18(19,20)21/h4-6,13-14H,2-3,7-12H2,1H3/p+1/t14-/m1/s1. The van der Waals surface area contributed by atoms with Crippen LogP contribution in [0.4, 0.5) is 13.2 Å². The number of piperazine rings is 1. The normalized spacial score (nSPS) is 21.1. The molecule has 2 fully saturated rings. The second-order valence-electron chi connectivity index (χ2n) is 7.34. The van der Waals surface area contributed by atoms with Gasteiger partial charge in [0.05, 0.1) is 36.6 Å². The molecule has 2 saturated heterocycles. The molecule has 0 saturated carbocycles. The van der Waals surface area contributed by atoms with E-state index in [0.29, 0.717) is 19.2 Å². The summed E-state index contributed by atoms with van der Waals surface area (Å²) in [6.07, 6.45) is -2.58. The van der Waals surface area contributed by atoms with E-state index in [9.17, 15) is 26.4 Å². The summed E-state index contributed by atoms with van der Waals surface area (Å²) in [5, 5.41) is 0. The van der Waals surface area contributed by atoms with Crippen LogP contribution in [0.3, 0.4) is 0 Å². The van der Waals surface area contributed by atoms with Crippen molar-refractivity contribution in [3.8, 4) is 0 Å². The van der Waals surface area contributed by atoms with Gasteiger partial charge in [-0.1, -0.05) is 6.07 Å². The number of nitrogens with one attached hydrogen (secondary N) is 1. The zero-order valence-electron chi connectivity index (χ0n) is 15.7. The van der Waals surface area contributed by atoms with Crippen LogP contribution in [-0.4, -0.2) is 68.8 Å². The van der Waals surface area contributed by atoms with Crippen LogP contribution in [0.2, 0.25) is 0 Å². The smallest absolute Gasteiger partial charge is 0.338 e. The summed E-state index contributed by atoms with van der Waals surface area (Å²) in [5.41, 5.74) is -0.984. The van der Waals surface area contributed by atoms with Gasteiger partial charge in [0.25, 0.3) is 5.91 Å². The molecule has 1 aromatic carbocycles. The van der Waals surface area contributed by atoms with E-state index in [1.54, 1.807) is 0 Å². The SMILES string of the molecule is C[C@H](C(=O)N1CCCC1)[NH+]1CCN(S(=O)(=O)c2cccc(C(F)(F)F)c2)CC1. The Hall–Kier alpha value is -1.65. The molecule has 0 unspecified atom stereocenters.